The van der Waals surface area contributed by atoms with E-state index in [1.165, 1.54) is 0 Å². The first kappa shape index (κ1) is 10.7. The van der Waals surface area contributed by atoms with Crippen molar-refractivity contribution in [2.75, 3.05) is 6.54 Å². The number of carbonyl (C=O) groups excluding carboxylic acids is 1. The normalized spacial score (nSPS) is 10.8. The average molecular weight is 166 g/mol. The summed E-state index contributed by atoms with van der Waals surface area (Å²) in [4.78, 5) is 11.1. The van der Waals surface area contributed by atoms with Gasteiger partial charge in [-0.05, 0) is 13.3 Å². The van der Waals surface area contributed by atoms with Crippen LogP contribution in [0.5, 0.6) is 0 Å². The predicted octanol–water partition coefficient (Wildman–Crippen LogP) is 0.0293. The predicted molar refractivity (Wildman–Crippen MR) is 49.2 cm³/mol. The number of hydrogen-bond donors (Lipinski definition) is 2. The van der Waals surface area contributed by atoms with Crippen LogP contribution in [-0.4, -0.2) is 18.5 Å². The van der Waals surface area contributed by atoms with Crippen LogP contribution in [0.2, 0.25) is 0 Å². The van der Waals surface area contributed by atoms with Crippen molar-refractivity contribution in [2.45, 2.75) is 19.4 Å². The minimum Gasteiger partial charge on any atom is -0.344 e. The Kier molecular flexibility index (Phi) is 5.76. The van der Waals surface area contributed by atoms with Crippen molar-refractivity contribution in [3.8, 4) is 11.8 Å². The second kappa shape index (κ2) is 6.44. The van der Waals surface area contributed by atoms with E-state index in [4.69, 9.17) is 5.73 Å². The summed E-state index contributed by atoms with van der Waals surface area (Å²) in [6.07, 6.45) is 2.11. The van der Waals surface area contributed by atoms with Crippen molar-refractivity contribution < 1.29 is 4.79 Å². The van der Waals surface area contributed by atoms with Gasteiger partial charge in [0, 0.05) is 0 Å². The highest BCUT2D eigenvalue weighted by molar-refractivity contribution is 5.81. The van der Waals surface area contributed by atoms with Gasteiger partial charge in [-0.15, -0.1) is 12.5 Å². The zero-order valence-corrected chi connectivity index (χ0v) is 7.26. The summed E-state index contributed by atoms with van der Waals surface area (Å²) in [7, 11) is 0. The molecule has 0 rings (SSSR count). The Morgan fingerprint density at radius 3 is 3.00 bits per heavy atom. The topological polar surface area (TPSA) is 55.1 Å². The summed E-state index contributed by atoms with van der Waals surface area (Å²) in [5.41, 5.74) is 5.48. The molecule has 66 valence electrons. The van der Waals surface area contributed by atoms with Crippen LogP contribution in [0.15, 0.2) is 12.7 Å². The van der Waals surface area contributed by atoms with Gasteiger partial charge in [-0.3, -0.25) is 4.79 Å². The first-order valence-corrected chi connectivity index (χ1v) is 3.76. The van der Waals surface area contributed by atoms with E-state index >= 15 is 0 Å². The third-order valence-corrected chi connectivity index (χ3v) is 1.29. The lowest BCUT2D eigenvalue weighted by atomic mass is 10.2. The van der Waals surface area contributed by atoms with E-state index < -0.39 is 6.04 Å². The van der Waals surface area contributed by atoms with Gasteiger partial charge in [0.25, 0.3) is 0 Å². The maximum atomic E-state index is 11.1. The number of hydrogen-bond acceptors (Lipinski definition) is 2. The van der Waals surface area contributed by atoms with Crippen LogP contribution in [0.1, 0.15) is 13.3 Å². The van der Waals surface area contributed by atoms with E-state index in [1.54, 1.807) is 13.0 Å². The van der Waals surface area contributed by atoms with Crippen molar-refractivity contribution in [1.82, 2.24) is 5.32 Å². The Morgan fingerprint density at radius 1 is 1.83 bits per heavy atom. The molecular weight excluding hydrogens is 152 g/mol. The molecule has 0 aromatic rings. The van der Waals surface area contributed by atoms with Crippen molar-refractivity contribution >= 4 is 5.91 Å². The molecule has 0 saturated heterocycles. The molecule has 12 heavy (non-hydrogen) atoms. The highest BCUT2D eigenvalue weighted by Gasteiger charge is 2.09. The molecule has 0 heterocycles. The Labute approximate surface area is 73.0 Å². The number of rotatable bonds is 4. The third-order valence-electron chi connectivity index (χ3n) is 1.29. The molecule has 3 heteroatoms. The summed E-state index contributed by atoms with van der Waals surface area (Å²) in [5, 5.41) is 2.58. The molecule has 0 fully saturated rings. The zero-order chi connectivity index (χ0) is 9.40. The molecular formula is C9H14N2O. The van der Waals surface area contributed by atoms with Crippen LogP contribution in [0.4, 0.5) is 0 Å². The maximum absolute atomic E-state index is 11.1. The summed E-state index contributed by atoms with van der Waals surface area (Å²) in [5.74, 6) is 5.20. The van der Waals surface area contributed by atoms with E-state index in [0.29, 0.717) is 13.0 Å². The molecule has 0 bridgehead atoms. The van der Waals surface area contributed by atoms with Gasteiger partial charge in [0.2, 0.25) is 5.91 Å². The Hall–Kier alpha value is -1.27. The SMILES string of the molecule is C=CCC(N)C(=O)NCC#CC. The molecule has 3 nitrogen and oxygen atoms in total. The summed E-state index contributed by atoms with van der Waals surface area (Å²) in [6.45, 7) is 5.57. The lowest BCUT2D eigenvalue weighted by molar-refractivity contribution is -0.122. The van der Waals surface area contributed by atoms with E-state index in [-0.39, 0.29) is 5.91 Å². The second-order valence-corrected chi connectivity index (χ2v) is 2.28. The number of carbonyl (C=O) groups is 1. The molecule has 1 amide bonds. The monoisotopic (exact) mass is 166 g/mol. The summed E-state index contributed by atoms with van der Waals surface area (Å²) in [6, 6.07) is -0.499. The third kappa shape index (κ3) is 4.53. The van der Waals surface area contributed by atoms with Gasteiger partial charge in [-0.1, -0.05) is 12.0 Å². The van der Waals surface area contributed by atoms with Crippen LogP contribution in [0, 0.1) is 11.8 Å². The average Bonchev–Trinajstić information content (AvgIpc) is 2.05. The van der Waals surface area contributed by atoms with E-state index in [2.05, 4.69) is 23.7 Å². The molecule has 0 saturated carbocycles. The van der Waals surface area contributed by atoms with Gasteiger partial charge in [-0.2, -0.15) is 0 Å². The van der Waals surface area contributed by atoms with Gasteiger partial charge in [-0.25, -0.2) is 0 Å². The van der Waals surface area contributed by atoms with Gasteiger partial charge in [0.05, 0.1) is 12.6 Å². The molecule has 3 N–H and O–H groups in total. The van der Waals surface area contributed by atoms with Crippen LogP contribution >= 0.6 is 0 Å². The van der Waals surface area contributed by atoms with Crippen molar-refractivity contribution in [1.29, 1.82) is 0 Å². The molecule has 0 radical (unpaired) electrons. The minimum absolute atomic E-state index is 0.183. The van der Waals surface area contributed by atoms with E-state index in [9.17, 15) is 4.79 Å². The second-order valence-electron chi connectivity index (χ2n) is 2.28. The minimum atomic E-state index is -0.499. The molecule has 0 aliphatic heterocycles. The van der Waals surface area contributed by atoms with Crippen molar-refractivity contribution in [2.24, 2.45) is 5.73 Å². The van der Waals surface area contributed by atoms with Crippen molar-refractivity contribution in [3.05, 3.63) is 12.7 Å². The Balaban J connectivity index is 3.68. The molecule has 1 atom stereocenters. The number of nitrogens with two attached hydrogens (primary N) is 1. The first-order chi connectivity index (χ1) is 5.72. The smallest absolute Gasteiger partial charge is 0.237 e. The fourth-order valence-corrected chi connectivity index (χ4v) is 0.637. The van der Waals surface area contributed by atoms with Crippen LogP contribution in [-0.2, 0) is 4.79 Å². The highest BCUT2D eigenvalue weighted by atomic mass is 16.2. The Morgan fingerprint density at radius 2 is 2.50 bits per heavy atom. The fraction of sp³-hybridized carbons (Fsp3) is 0.444. The molecule has 0 spiro atoms. The van der Waals surface area contributed by atoms with Gasteiger partial charge >= 0.3 is 0 Å². The summed E-state index contributed by atoms with van der Waals surface area (Å²) >= 11 is 0. The Bertz CT molecular complexity index is 212. The van der Waals surface area contributed by atoms with Gasteiger partial charge in [0.1, 0.15) is 0 Å². The van der Waals surface area contributed by atoms with Crippen LogP contribution in [0.3, 0.4) is 0 Å². The molecule has 0 aromatic carbocycles. The fourth-order valence-electron chi connectivity index (χ4n) is 0.637. The van der Waals surface area contributed by atoms with Crippen LogP contribution in [0.25, 0.3) is 0 Å². The van der Waals surface area contributed by atoms with Gasteiger partial charge in [0.15, 0.2) is 0 Å². The molecule has 0 aliphatic rings. The number of nitrogens with one attached hydrogen (secondary N) is 1. The first-order valence-electron chi connectivity index (χ1n) is 3.76. The number of amides is 1. The highest BCUT2D eigenvalue weighted by Crippen LogP contribution is 1.87. The van der Waals surface area contributed by atoms with Gasteiger partial charge < -0.3 is 11.1 Å². The molecule has 0 aliphatic carbocycles. The maximum Gasteiger partial charge on any atom is 0.237 e. The van der Waals surface area contributed by atoms with E-state index in [0.717, 1.165) is 0 Å². The standard InChI is InChI=1S/C9H14N2O/c1-3-5-7-11-9(12)8(10)6-4-2/h4,8H,2,6-7,10H2,1H3,(H,11,12). The van der Waals surface area contributed by atoms with Crippen molar-refractivity contribution in [3.63, 3.8) is 0 Å². The molecule has 0 aromatic heterocycles. The lowest BCUT2D eigenvalue weighted by Crippen LogP contribution is -2.40. The van der Waals surface area contributed by atoms with Crippen LogP contribution < -0.4 is 11.1 Å². The molecule has 1 unspecified atom stereocenters. The van der Waals surface area contributed by atoms with E-state index in [1.807, 2.05) is 0 Å². The largest absolute Gasteiger partial charge is 0.344 e. The lowest BCUT2D eigenvalue weighted by Gasteiger charge is -2.07. The summed E-state index contributed by atoms with van der Waals surface area (Å²) < 4.78 is 0. The zero-order valence-electron chi connectivity index (χ0n) is 7.26. The quantitative estimate of drug-likeness (QED) is 0.457.